The molecule has 2 rings (SSSR count). The molecule has 0 fully saturated rings. The number of H-pyrrole nitrogens is 1. The summed E-state index contributed by atoms with van der Waals surface area (Å²) in [6.45, 7) is 0. The standard InChI is InChI=1S/C10H9B2N2.Pr/c11-10(12,13)5-7-6-14-9-4-2-1-3-8(7)9;/h1-4,6,13-14H,5H2;/q-1;. The number of hydrogen-bond acceptors (Lipinski definition) is 0. The zero-order chi connectivity index (χ0) is 10.2. The van der Waals surface area contributed by atoms with Gasteiger partial charge in [0.25, 0.3) is 0 Å². The molecule has 0 spiro atoms. The molecule has 69 valence electrons. The van der Waals surface area contributed by atoms with Gasteiger partial charge in [-0.3, -0.25) is 0 Å². The predicted octanol–water partition coefficient (Wildman–Crippen LogP) is 1.75. The Labute approximate surface area is 125 Å². The number of aromatic nitrogens is 1. The first kappa shape index (κ1) is 13.3. The van der Waals surface area contributed by atoms with Crippen LogP contribution in [0.15, 0.2) is 30.5 Å². The molecular formula is C10H9B2N2Pr-. The fourth-order valence-corrected chi connectivity index (χ4v) is 1.59. The van der Waals surface area contributed by atoms with E-state index in [4.69, 9.17) is 21.4 Å². The summed E-state index contributed by atoms with van der Waals surface area (Å²) in [6.07, 6.45) is 2.20. The van der Waals surface area contributed by atoms with E-state index < -0.39 is 5.34 Å². The van der Waals surface area contributed by atoms with Crippen LogP contribution in [0.25, 0.3) is 16.6 Å². The SMILES string of the molecule is [B]C([B])([NH-])Cc1c[nH]c2ccccc12.[Pr]. The molecule has 0 bridgehead atoms. The van der Waals surface area contributed by atoms with Gasteiger partial charge >= 0.3 is 0 Å². The largest absolute Gasteiger partial charge is 0.686 e. The van der Waals surface area contributed by atoms with E-state index in [0.29, 0.717) is 6.42 Å². The monoisotopic (exact) mass is 320 g/mol. The normalized spacial score (nSPS) is 11.3. The maximum absolute atomic E-state index is 7.42. The second-order valence-corrected chi connectivity index (χ2v) is 3.58. The molecule has 0 aliphatic heterocycles. The van der Waals surface area contributed by atoms with E-state index in [2.05, 4.69) is 4.98 Å². The van der Waals surface area contributed by atoms with Crippen LogP contribution in [-0.2, 0) is 6.42 Å². The van der Waals surface area contributed by atoms with E-state index in [0.717, 1.165) is 16.5 Å². The summed E-state index contributed by atoms with van der Waals surface area (Å²) < 4.78 is 0. The fourth-order valence-electron chi connectivity index (χ4n) is 1.59. The molecule has 2 N–H and O–H groups in total. The van der Waals surface area contributed by atoms with E-state index in [9.17, 15) is 0 Å². The van der Waals surface area contributed by atoms with Crippen molar-refractivity contribution in [2.24, 2.45) is 0 Å². The molecule has 15 heavy (non-hydrogen) atoms. The van der Waals surface area contributed by atoms with Gasteiger partial charge in [-0.05, 0) is 11.6 Å². The van der Waals surface area contributed by atoms with Crippen molar-refractivity contribution in [1.29, 1.82) is 0 Å². The van der Waals surface area contributed by atoms with Crippen molar-refractivity contribution < 1.29 is 41.3 Å². The Morgan fingerprint density at radius 2 is 1.93 bits per heavy atom. The third-order valence-electron chi connectivity index (χ3n) is 2.16. The number of nitrogens with one attached hydrogen (secondary N) is 2. The fraction of sp³-hybridized carbons (Fsp3) is 0.200. The molecule has 2 aromatic rings. The van der Waals surface area contributed by atoms with Gasteiger partial charge in [0.2, 0.25) is 0 Å². The smallest absolute Gasteiger partial charge is 0.0456 e. The minimum Gasteiger partial charge on any atom is -0.686 e. The quantitative estimate of drug-likeness (QED) is 0.819. The van der Waals surface area contributed by atoms with E-state index in [1.165, 1.54) is 0 Å². The van der Waals surface area contributed by atoms with Gasteiger partial charge in [-0.25, -0.2) is 0 Å². The Bertz CT molecular complexity index is 448. The molecule has 0 atom stereocenters. The summed E-state index contributed by atoms with van der Waals surface area (Å²) in [6, 6.07) is 7.89. The molecule has 1 aromatic heterocycles. The van der Waals surface area contributed by atoms with Crippen LogP contribution < -0.4 is 0 Å². The van der Waals surface area contributed by atoms with Gasteiger partial charge < -0.3 is 10.7 Å². The van der Waals surface area contributed by atoms with Gasteiger partial charge in [0.15, 0.2) is 0 Å². The number of hydrogen-bond donors (Lipinski definition) is 1. The molecule has 0 saturated heterocycles. The number of fused-ring (bicyclic) bond motifs is 1. The maximum Gasteiger partial charge on any atom is 0.0456 e. The molecule has 0 unspecified atom stereocenters. The first-order valence-corrected chi connectivity index (χ1v) is 4.44. The Morgan fingerprint density at radius 3 is 2.60 bits per heavy atom. The molecule has 0 amide bonds. The van der Waals surface area contributed by atoms with Crippen LogP contribution in [0.5, 0.6) is 0 Å². The number of para-hydroxylation sites is 1. The van der Waals surface area contributed by atoms with E-state index >= 15 is 0 Å². The Hall–Kier alpha value is 0.214. The molecule has 0 saturated carbocycles. The minimum absolute atomic E-state index is 0. The van der Waals surface area contributed by atoms with E-state index in [-0.39, 0.29) is 41.3 Å². The number of rotatable bonds is 2. The molecule has 5 radical (unpaired) electrons. The van der Waals surface area contributed by atoms with Crippen LogP contribution in [0.1, 0.15) is 5.56 Å². The average molecular weight is 320 g/mol. The van der Waals surface area contributed by atoms with Crippen molar-refractivity contribution in [2.45, 2.75) is 11.8 Å². The van der Waals surface area contributed by atoms with Gasteiger partial charge in [0.1, 0.15) is 0 Å². The van der Waals surface area contributed by atoms with Gasteiger partial charge in [0, 0.05) is 74.1 Å². The van der Waals surface area contributed by atoms with Crippen LogP contribution in [-0.4, -0.2) is 26.0 Å². The van der Waals surface area contributed by atoms with E-state index in [1.54, 1.807) is 0 Å². The first-order valence-electron chi connectivity index (χ1n) is 4.44. The van der Waals surface area contributed by atoms with Gasteiger partial charge in [-0.15, -0.1) is 0 Å². The number of aromatic amines is 1. The Kier molecular flexibility index (Phi) is 4.45. The molecule has 0 aliphatic carbocycles. The average Bonchev–Trinajstić information content (AvgIpc) is 2.47. The van der Waals surface area contributed by atoms with E-state index in [1.807, 2.05) is 30.5 Å². The van der Waals surface area contributed by atoms with Crippen molar-refractivity contribution in [1.82, 2.24) is 4.98 Å². The van der Waals surface area contributed by atoms with Crippen LogP contribution in [0.2, 0.25) is 0 Å². The molecular weight excluding hydrogens is 311 g/mol. The third-order valence-corrected chi connectivity index (χ3v) is 2.16. The molecule has 1 aromatic carbocycles. The second kappa shape index (κ2) is 5.03. The number of benzene rings is 1. The van der Waals surface area contributed by atoms with Crippen molar-refractivity contribution in [3.63, 3.8) is 0 Å². The second-order valence-electron chi connectivity index (χ2n) is 3.58. The van der Waals surface area contributed by atoms with Crippen molar-refractivity contribution in [2.75, 3.05) is 0 Å². The van der Waals surface area contributed by atoms with Crippen LogP contribution in [0.3, 0.4) is 0 Å². The molecule has 2 nitrogen and oxygen atoms in total. The van der Waals surface area contributed by atoms with Gasteiger partial charge in [-0.1, -0.05) is 24.6 Å². The van der Waals surface area contributed by atoms with Crippen LogP contribution in [0.4, 0.5) is 0 Å². The summed E-state index contributed by atoms with van der Waals surface area (Å²) in [7, 11) is 10.9. The zero-order valence-corrected chi connectivity index (χ0v) is 12.0. The third kappa shape index (κ3) is 3.34. The van der Waals surface area contributed by atoms with Gasteiger partial charge in [-0.2, -0.15) is 5.34 Å². The van der Waals surface area contributed by atoms with Crippen molar-refractivity contribution >= 4 is 26.6 Å². The molecule has 0 aliphatic rings. The minimum atomic E-state index is -1.40. The summed E-state index contributed by atoms with van der Waals surface area (Å²) in [5, 5.41) is -0.314. The predicted molar refractivity (Wildman–Crippen MR) is 60.6 cm³/mol. The Balaban J connectivity index is 0.00000112. The summed E-state index contributed by atoms with van der Waals surface area (Å²) in [4.78, 5) is 3.12. The van der Waals surface area contributed by atoms with Gasteiger partial charge in [0.05, 0.1) is 0 Å². The topological polar surface area (TPSA) is 39.6 Å². The zero-order valence-electron chi connectivity index (χ0n) is 8.33. The summed E-state index contributed by atoms with van der Waals surface area (Å²) in [5.41, 5.74) is 9.46. The summed E-state index contributed by atoms with van der Waals surface area (Å²) in [5.74, 6) is 0. The molecule has 1 heterocycles. The van der Waals surface area contributed by atoms with Crippen LogP contribution in [0, 0.1) is 41.3 Å². The van der Waals surface area contributed by atoms with Crippen molar-refractivity contribution in [3.8, 4) is 0 Å². The van der Waals surface area contributed by atoms with Crippen LogP contribution >= 0.6 is 0 Å². The summed E-state index contributed by atoms with van der Waals surface area (Å²) >= 11 is 0. The van der Waals surface area contributed by atoms with Crippen molar-refractivity contribution in [3.05, 3.63) is 41.8 Å². The first-order chi connectivity index (χ1) is 6.56. The molecule has 5 heteroatoms. The Morgan fingerprint density at radius 1 is 1.27 bits per heavy atom. The maximum atomic E-state index is 7.42.